The average molecular weight is 357 g/mol. The monoisotopic (exact) mass is 356 g/mol. The molecule has 0 saturated heterocycles. The minimum Gasteiger partial charge on any atom is -0.459 e. The molecular weight excluding hydrogens is 336 g/mol. The van der Waals surface area contributed by atoms with E-state index in [2.05, 4.69) is 10.6 Å². The molecule has 1 heterocycles. The zero-order valence-corrected chi connectivity index (χ0v) is 15.0. The van der Waals surface area contributed by atoms with Crippen LogP contribution in [0.2, 0.25) is 5.02 Å². The number of fused-ring (bicyclic) bond motifs is 1. The van der Waals surface area contributed by atoms with Crippen LogP contribution in [-0.4, -0.2) is 12.5 Å². The molecule has 130 valence electrons. The zero-order valence-electron chi connectivity index (χ0n) is 14.3. The molecular formula is C20H21ClN2O2. The Bertz CT molecular complexity index is 842. The lowest BCUT2D eigenvalue weighted by Gasteiger charge is -2.17. The summed E-state index contributed by atoms with van der Waals surface area (Å²) in [5.74, 6) is 0.653. The first-order valence-corrected chi connectivity index (χ1v) is 8.68. The summed E-state index contributed by atoms with van der Waals surface area (Å²) < 4.78 is 5.79. The van der Waals surface area contributed by atoms with Crippen molar-refractivity contribution >= 4 is 28.5 Å². The smallest absolute Gasteiger partial charge is 0.234 e. The highest BCUT2D eigenvalue weighted by atomic mass is 35.5. The van der Waals surface area contributed by atoms with E-state index in [0.717, 1.165) is 22.3 Å². The minimum absolute atomic E-state index is 0.0130. The van der Waals surface area contributed by atoms with Gasteiger partial charge in [0, 0.05) is 16.5 Å². The van der Waals surface area contributed by atoms with E-state index >= 15 is 0 Å². The Morgan fingerprint density at radius 2 is 1.80 bits per heavy atom. The van der Waals surface area contributed by atoms with Crippen LogP contribution in [0.5, 0.6) is 0 Å². The number of para-hydroxylation sites is 1. The molecule has 3 aromatic rings. The van der Waals surface area contributed by atoms with E-state index in [1.807, 2.05) is 68.4 Å². The topological polar surface area (TPSA) is 54.3 Å². The standard InChI is InChI=1S/C20H21ClN2O2/c1-13(16-8-4-5-9-17(16)21)22-12-20(24)23-14(2)19-11-15-7-3-6-10-18(15)25-19/h3-11,13-14,22H,12H2,1-2H3,(H,23,24)/t13-,14+/m0/s1. The van der Waals surface area contributed by atoms with Crippen molar-refractivity contribution in [2.75, 3.05) is 6.54 Å². The number of hydrogen-bond donors (Lipinski definition) is 2. The summed E-state index contributed by atoms with van der Waals surface area (Å²) in [6.45, 7) is 4.10. The largest absolute Gasteiger partial charge is 0.459 e. The lowest BCUT2D eigenvalue weighted by Crippen LogP contribution is -2.36. The van der Waals surface area contributed by atoms with Gasteiger partial charge in [-0.3, -0.25) is 4.79 Å². The van der Waals surface area contributed by atoms with E-state index in [4.69, 9.17) is 16.0 Å². The maximum atomic E-state index is 12.2. The Labute approximate surface area is 152 Å². The molecule has 0 aliphatic rings. The average Bonchev–Trinajstić information content (AvgIpc) is 3.04. The molecule has 0 saturated carbocycles. The summed E-state index contributed by atoms with van der Waals surface area (Å²) in [5, 5.41) is 7.87. The van der Waals surface area contributed by atoms with E-state index in [0.29, 0.717) is 5.02 Å². The second-order valence-electron chi connectivity index (χ2n) is 6.10. The number of halogens is 1. The van der Waals surface area contributed by atoms with Crippen molar-refractivity contribution in [2.24, 2.45) is 0 Å². The van der Waals surface area contributed by atoms with Crippen molar-refractivity contribution in [3.63, 3.8) is 0 Å². The van der Waals surface area contributed by atoms with Crippen molar-refractivity contribution < 1.29 is 9.21 Å². The van der Waals surface area contributed by atoms with E-state index in [1.165, 1.54) is 0 Å². The fraction of sp³-hybridized carbons (Fsp3) is 0.250. The van der Waals surface area contributed by atoms with Crippen molar-refractivity contribution in [1.82, 2.24) is 10.6 Å². The Morgan fingerprint density at radius 3 is 2.56 bits per heavy atom. The van der Waals surface area contributed by atoms with Crippen LogP contribution in [0.3, 0.4) is 0 Å². The molecule has 0 aliphatic heterocycles. The first kappa shape index (κ1) is 17.5. The molecule has 0 bridgehead atoms. The molecule has 0 radical (unpaired) electrons. The molecule has 2 N–H and O–H groups in total. The normalized spacial score (nSPS) is 13.6. The molecule has 2 aromatic carbocycles. The second kappa shape index (κ2) is 7.72. The number of hydrogen-bond acceptors (Lipinski definition) is 3. The Morgan fingerprint density at radius 1 is 1.08 bits per heavy atom. The fourth-order valence-corrected chi connectivity index (χ4v) is 3.06. The van der Waals surface area contributed by atoms with Crippen LogP contribution in [0.15, 0.2) is 59.0 Å². The third-order valence-corrected chi connectivity index (χ3v) is 4.53. The summed E-state index contributed by atoms with van der Waals surface area (Å²) in [4.78, 5) is 12.2. The van der Waals surface area contributed by atoms with Gasteiger partial charge < -0.3 is 15.1 Å². The highest BCUT2D eigenvalue weighted by Crippen LogP contribution is 2.24. The third kappa shape index (κ3) is 4.21. The van der Waals surface area contributed by atoms with Crippen molar-refractivity contribution in [1.29, 1.82) is 0 Å². The van der Waals surface area contributed by atoms with Crippen LogP contribution < -0.4 is 10.6 Å². The van der Waals surface area contributed by atoms with E-state index in [1.54, 1.807) is 0 Å². The van der Waals surface area contributed by atoms with Crippen molar-refractivity contribution in [3.8, 4) is 0 Å². The van der Waals surface area contributed by atoms with Crippen LogP contribution in [0.4, 0.5) is 0 Å². The number of carbonyl (C=O) groups excluding carboxylic acids is 1. The third-order valence-electron chi connectivity index (χ3n) is 4.19. The molecule has 1 aromatic heterocycles. The quantitative estimate of drug-likeness (QED) is 0.677. The number of nitrogens with one attached hydrogen (secondary N) is 2. The van der Waals surface area contributed by atoms with Gasteiger partial charge in [-0.15, -0.1) is 0 Å². The minimum atomic E-state index is -0.197. The molecule has 2 atom stereocenters. The zero-order chi connectivity index (χ0) is 17.8. The number of rotatable bonds is 6. The van der Waals surface area contributed by atoms with E-state index in [9.17, 15) is 4.79 Å². The van der Waals surface area contributed by atoms with Crippen LogP contribution in [0.1, 0.15) is 37.3 Å². The number of amides is 1. The summed E-state index contributed by atoms with van der Waals surface area (Å²) in [7, 11) is 0. The predicted octanol–water partition coefficient (Wildman–Crippen LogP) is 4.61. The van der Waals surface area contributed by atoms with Gasteiger partial charge in [0.15, 0.2) is 0 Å². The highest BCUT2D eigenvalue weighted by molar-refractivity contribution is 6.31. The van der Waals surface area contributed by atoms with Gasteiger partial charge in [-0.1, -0.05) is 48.0 Å². The van der Waals surface area contributed by atoms with Gasteiger partial charge in [-0.05, 0) is 37.6 Å². The number of benzene rings is 2. The summed E-state index contributed by atoms with van der Waals surface area (Å²) in [6.07, 6.45) is 0. The predicted molar refractivity (Wildman–Crippen MR) is 101 cm³/mol. The first-order chi connectivity index (χ1) is 12.0. The fourth-order valence-electron chi connectivity index (χ4n) is 2.76. The molecule has 0 aliphatic carbocycles. The maximum absolute atomic E-state index is 12.2. The summed E-state index contributed by atoms with van der Waals surface area (Å²) in [6, 6.07) is 17.2. The Hall–Kier alpha value is -2.30. The Kier molecular flexibility index (Phi) is 5.41. The van der Waals surface area contributed by atoms with Crippen molar-refractivity contribution in [3.05, 3.63) is 70.9 Å². The second-order valence-corrected chi connectivity index (χ2v) is 6.51. The molecule has 0 spiro atoms. The van der Waals surface area contributed by atoms with Gasteiger partial charge in [-0.2, -0.15) is 0 Å². The molecule has 3 rings (SSSR count). The van der Waals surface area contributed by atoms with Gasteiger partial charge >= 0.3 is 0 Å². The molecule has 1 amide bonds. The van der Waals surface area contributed by atoms with Gasteiger partial charge in [0.1, 0.15) is 11.3 Å². The molecule has 5 heteroatoms. The SMILES string of the molecule is C[C@H](NCC(=O)N[C@H](C)c1cc2ccccc2o1)c1ccccc1Cl. The van der Waals surface area contributed by atoms with Crippen LogP contribution in [0.25, 0.3) is 11.0 Å². The molecule has 0 fully saturated rings. The summed E-state index contributed by atoms with van der Waals surface area (Å²) in [5.41, 5.74) is 1.80. The lowest BCUT2D eigenvalue weighted by molar-refractivity contribution is -0.121. The van der Waals surface area contributed by atoms with E-state index in [-0.39, 0.29) is 24.5 Å². The first-order valence-electron chi connectivity index (χ1n) is 8.30. The van der Waals surface area contributed by atoms with Crippen LogP contribution >= 0.6 is 11.6 Å². The maximum Gasteiger partial charge on any atom is 0.234 e. The molecule has 4 nitrogen and oxygen atoms in total. The van der Waals surface area contributed by atoms with Crippen LogP contribution in [-0.2, 0) is 4.79 Å². The highest BCUT2D eigenvalue weighted by Gasteiger charge is 2.15. The van der Waals surface area contributed by atoms with Gasteiger partial charge in [0.25, 0.3) is 0 Å². The molecule has 25 heavy (non-hydrogen) atoms. The summed E-state index contributed by atoms with van der Waals surface area (Å²) >= 11 is 6.18. The van der Waals surface area contributed by atoms with Gasteiger partial charge in [-0.25, -0.2) is 0 Å². The Balaban J connectivity index is 1.56. The molecule has 0 unspecified atom stereocenters. The van der Waals surface area contributed by atoms with E-state index < -0.39 is 0 Å². The van der Waals surface area contributed by atoms with Gasteiger partial charge in [0.2, 0.25) is 5.91 Å². The number of carbonyl (C=O) groups is 1. The number of furan rings is 1. The van der Waals surface area contributed by atoms with Crippen LogP contribution in [0, 0.1) is 0 Å². The lowest BCUT2D eigenvalue weighted by atomic mass is 10.1. The van der Waals surface area contributed by atoms with Crippen molar-refractivity contribution in [2.45, 2.75) is 25.9 Å². The van der Waals surface area contributed by atoms with Gasteiger partial charge in [0.05, 0.1) is 12.6 Å².